The Labute approximate surface area is 109 Å². The number of esters is 1. The first-order valence-corrected chi connectivity index (χ1v) is 6.71. The van der Waals surface area contributed by atoms with Gasteiger partial charge in [-0.1, -0.05) is 0 Å². The van der Waals surface area contributed by atoms with Crippen molar-refractivity contribution in [2.24, 2.45) is 0 Å². The number of carboxylic acid groups (broad SMARTS) is 1. The number of aromatic nitrogens is 1. The zero-order valence-corrected chi connectivity index (χ0v) is 10.8. The Balaban J connectivity index is 2.72. The van der Waals surface area contributed by atoms with E-state index in [-0.39, 0.29) is 12.1 Å². The minimum atomic E-state index is -3.86. The molecule has 1 heterocycles. The molecule has 0 fully saturated rings. The van der Waals surface area contributed by atoms with E-state index in [1.165, 1.54) is 18.3 Å². The summed E-state index contributed by atoms with van der Waals surface area (Å²) in [7, 11) is -2.78. The Kier molecular flexibility index (Phi) is 4.81. The van der Waals surface area contributed by atoms with Crippen LogP contribution in [-0.2, 0) is 30.8 Å². The molecular formula is C10H12N2O6S. The molecule has 104 valence electrons. The number of ether oxygens (including phenoxy) is 1. The average Bonchev–Trinajstić information content (AvgIpc) is 2.30. The topological polar surface area (TPSA) is 123 Å². The molecule has 0 amide bonds. The van der Waals surface area contributed by atoms with E-state index < -0.39 is 27.7 Å². The number of carbonyl (C=O) groups is 2. The number of nitrogens with one attached hydrogen (secondary N) is 1. The molecule has 0 aromatic carbocycles. The zero-order chi connectivity index (χ0) is 14.5. The van der Waals surface area contributed by atoms with Gasteiger partial charge in [0, 0.05) is 0 Å². The van der Waals surface area contributed by atoms with Gasteiger partial charge in [-0.2, -0.15) is 0 Å². The minimum Gasteiger partial charge on any atom is -0.481 e. The molecule has 1 aromatic heterocycles. The van der Waals surface area contributed by atoms with Crippen LogP contribution in [0.15, 0.2) is 18.3 Å². The molecule has 0 aliphatic carbocycles. The number of carbonyl (C=O) groups excluding carboxylic acids is 1. The highest BCUT2D eigenvalue weighted by Crippen LogP contribution is 2.09. The number of carboxylic acids is 1. The van der Waals surface area contributed by atoms with E-state index in [1.54, 1.807) is 0 Å². The van der Waals surface area contributed by atoms with Gasteiger partial charge >= 0.3 is 11.9 Å². The molecule has 0 bridgehead atoms. The predicted octanol–water partition coefficient (Wildman–Crippen LogP) is -0.377. The van der Waals surface area contributed by atoms with Crippen LogP contribution in [0.2, 0.25) is 0 Å². The second-order valence-electron chi connectivity index (χ2n) is 3.55. The molecule has 19 heavy (non-hydrogen) atoms. The first-order chi connectivity index (χ1) is 8.82. The van der Waals surface area contributed by atoms with Crippen LogP contribution >= 0.6 is 0 Å². The fourth-order valence-corrected chi connectivity index (χ4v) is 2.15. The van der Waals surface area contributed by atoms with Gasteiger partial charge in [0.15, 0.2) is 5.75 Å². The summed E-state index contributed by atoms with van der Waals surface area (Å²) in [5.74, 6) is -2.73. The van der Waals surface area contributed by atoms with E-state index in [2.05, 4.69) is 14.4 Å². The van der Waals surface area contributed by atoms with E-state index in [1.807, 2.05) is 0 Å². The van der Waals surface area contributed by atoms with Gasteiger partial charge in [-0.3, -0.25) is 19.3 Å². The van der Waals surface area contributed by atoms with Crippen LogP contribution in [0.4, 0.5) is 5.69 Å². The highest BCUT2D eigenvalue weighted by atomic mass is 32.2. The Hall–Kier alpha value is -2.16. The number of nitrogens with zero attached hydrogens (tertiary/aromatic N) is 1. The average molecular weight is 288 g/mol. The van der Waals surface area contributed by atoms with Crippen molar-refractivity contribution in [1.82, 2.24) is 4.98 Å². The molecule has 0 unspecified atom stereocenters. The summed E-state index contributed by atoms with van der Waals surface area (Å²) in [6.45, 7) is 0. The van der Waals surface area contributed by atoms with Crippen molar-refractivity contribution in [2.75, 3.05) is 17.6 Å². The van der Waals surface area contributed by atoms with E-state index in [0.717, 1.165) is 7.11 Å². The highest BCUT2D eigenvalue weighted by molar-refractivity contribution is 7.93. The van der Waals surface area contributed by atoms with Crippen LogP contribution in [0.25, 0.3) is 0 Å². The number of anilines is 1. The van der Waals surface area contributed by atoms with E-state index in [4.69, 9.17) is 5.11 Å². The zero-order valence-electron chi connectivity index (χ0n) is 9.99. The lowest BCUT2D eigenvalue weighted by molar-refractivity contribution is -0.138. The molecule has 0 radical (unpaired) electrons. The summed E-state index contributed by atoms with van der Waals surface area (Å²) in [6, 6.07) is 2.74. The smallest absolute Gasteiger partial charge is 0.322 e. The molecule has 8 nitrogen and oxygen atoms in total. The number of hydrogen-bond donors (Lipinski definition) is 2. The minimum absolute atomic E-state index is 0.137. The van der Waals surface area contributed by atoms with E-state index in [0.29, 0.717) is 5.69 Å². The van der Waals surface area contributed by atoms with Crippen LogP contribution in [-0.4, -0.2) is 43.3 Å². The Bertz CT molecular complexity index is 566. The summed E-state index contributed by atoms with van der Waals surface area (Å²) in [4.78, 5) is 25.1. The van der Waals surface area contributed by atoms with Crippen LogP contribution < -0.4 is 4.72 Å². The van der Waals surface area contributed by atoms with Crippen molar-refractivity contribution >= 4 is 27.6 Å². The van der Waals surface area contributed by atoms with Crippen molar-refractivity contribution in [1.29, 1.82) is 0 Å². The SMILES string of the molecule is COC(=O)CS(=O)(=O)Nc1ccc(CC(=O)O)nc1. The van der Waals surface area contributed by atoms with Crippen LogP contribution in [0.3, 0.4) is 0 Å². The largest absolute Gasteiger partial charge is 0.481 e. The molecule has 2 N–H and O–H groups in total. The monoisotopic (exact) mass is 288 g/mol. The molecule has 1 rings (SSSR count). The Morgan fingerprint density at radius 1 is 1.42 bits per heavy atom. The number of pyridine rings is 1. The third-order valence-corrected chi connectivity index (χ3v) is 3.13. The van der Waals surface area contributed by atoms with Gasteiger partial charge in [0.05, 0.1) is 31.1 Å². The second kappa shape index (κ2) is 6.14. The van der Waals surface area contributed by atoms with Gasteiger partial charge in [0.1, 0.15) is 0 Å². The van der Waals surface area contributed by atoms with Crippen molar-refractivity contribution in [3.8, 4) is 0 Å². The maximum atomic E-state index is 11.5. The molecule has 9 heteroatoms. The number of sulfonamides is 1. The highest BCUT2D eigenvalue weighted by Gasteiger charge is 2.17. The maximum Gasteiger partial charge on any atom is 0.322 e. The number of aliphatic carboxylic acids is 1. The molecular weight excluding hydrogens is 276 g/mol. The number of rotatable bonds is 6. The van der Waals surface area contributed by atoms with Gasteiger partial charge in [0.2, 0.25) is 10.0 Å². The molecule has 0 atom stereocenters. The van der Waals surface area contributed by atoms with Crippen LogP contribution in [0, 0.1) is 0 Å². The fraction of sp³-hybridized carbons (Fsp3) is 0.300. The summed E-state index contributed by atoms with van der Waals surface area (Å²) in [5.41, 5.74) is 0.432. The normalized spacial score (nSPS) is 10.8. The quantitative estimate of drug-likeness (QED) is 0.684. The molecule has 0 saturated carbocycles. The molecule has 0 spiro atoms. The lowest BCUT2D eigenvalue weighted by Crippen LogP contribution is -2.23. The molecule has 0 aliphatic rings. The lowest BCUT2D eigenvalue weighted by atomic mass is 10.3. The third-order valence-electron chi connectivity index (χ3n) is 1.97. The lowest BCUT2D eigenvalue weighted by Gasteiger charge is -2.06. The maximum absolute atomic E-state index is 11.5. The first kappa shape index (κ1) is 14.9. The molecule has 0 saturated heterocycles. The standard InChI is InChI=1S/C10H12N2O6S/c1-18-10(15)6-19(16,17)12-8-3-2-7(11-5-8)4-9(13)14/h2-3,5,12H,4,6H2,1H3,(H,13,14). The van der Waals surface area contributed by atoms with Crippen molar-refractivity contribution in [2.45, 2.75) is 6.42 Å². The summed E-state index contributed by atoms with van der Waals surface area (Å²) in [6.07, 6.45) is 0.919. The van der Waals surface area contributed by atoms with Gasteiger partial charge in [-0.05, 0) is 12.1 Å². The van der Waals surface area contributed by atoms with E-state index in [9.17, 15) is 18.0 Å². The summed E-state index contributed by atoms with van der Waals surface area (Å²) in [5, 5.41) is 8.55. The molecule has 0 aliphatic heterocycles. The van der Waals surface area contributed by atoms with Gasteiger partial charge in [-0.15, -0.1) is 0 Å². The van der Waals surface area contributed by atoms with Crippen molar-refractivity contribution < 1.29 is 27.9 Å². The van der Waals surface area contributed by atoms with Gasteiger partial charge < -0.3 is 9.84 Å². The molecule has 1 aromatic rings. The van der Waals surface area contributed by atoms with Gasteiger partial charge in [0.25, 0.3) is 0 Å². The van der Waals surface area contributed by atoms with Crippen LogP contribution in [0.5, 0.6) is 0 Å². The fourth-order valence-electron chi connectivity index (χ4n) is 1.17. The first-order valence-electron chi connectivity index (χ1n) is 5.06. The van der Waals surface area contributed by atoms with Crippen molar-refractivity contribution in [3.63, 3.8) is 0 Å². The summed E-state index contributed by atoms with van der Waals surface area (Å²) < 4.78 is 29.4. The van der Waals surface area contributed by atoms with Crippen molar-refractivity contribution in [3.05, 3.63) is 24.0 Å². The third kappa shape index (κ3) is 5.34. The van der Waals surface area contributed by atoms with Gasteiger partial charge in [-0.25, -0.2) is 8.42 Å². The second-order valence-corrected chi connectivity index (χ2v) is 5.27. The van der Waals surface area contributed by atoms with Crippen LogP contribution in [0.1, 0.15) is 5.69 Å². The summed E-state index contributed by atoms with van der Waals surface area (Å²) >= 11 is 0. The Morgan fingerprint density at radius 3 is 2.58 bits per heavy atom. The Morgan fingerprint density at radius 2 is 2.11 bits per heavy atom. The number of hydrogen-bond acceptors (Lipinski definition) is 6. The predicted molar refractivity (Wildman–Crippen MR) is 65.0 cm³/mol. The number of methoxy groups -OCH3 is 1. The van der Waals surface area contributed by atoms with E-state index >= 15 is 0 Å².